The Kier molecular flexibility index (Phi) is 3.57. The second-order valence-electron chi connectivity index (χ2n) is 6.15. The van der Waals surface area contributed by atoms with Crippen molar-refractivity contribution in [2.45, 2.75) is 19.5 Å². The lowest BCUT2D eigenvalue weighted by Crippen LogP contribution is -2.52. The Morgan fingerprint density at radius 3 is 3.08 bits per heavy atom. The highest BCUT2D eigenvalue weighted by molar-refractivity contribution is 6.01. The molecule has 0 saturated carbocycles. The maximum Gasteiger partial charge on any atom is 0.297 e. The molecule has 0 bridgehead atoms. The molecule has 0 spiro atoms. The molecule has 1 aliphatic rings. The number of para-hydroxylation sites is 1. The molecular formula is C17H18N4O3. The molecule has 2 aromatic heterocycles. The molecule has 124 valence electrons. The molecule has 1 saturated heterocycles. The summed E-state index contributed by atoms with van der Waals surface area (Å²) in [5, 5.41) is 4.10. The Morgan fingerprint density at radius 2 is 2.25 bits per heavy atom. The van der Waals surface area contributed by atoms with E-state index in [-0.39, 0.29) is 29.6 Å². The van der Waals surface area contributed by atoms with Gasteiger partial charge in [-0.2, -0.15) is 0 Å². The van der Waals surface area contributed by atoms with Gasteiger partial charge in [0.25, 0.3) is 5.56 Å². The van der Waals surface area contributed by atoms with Gasteiger partial charge in [0.15, 0.2) is 0 Å². The third-order valence-electron chi connectivity index (χ3n) is 4.38. The topological polar surface area (TPSA) is 80.4 Å². The summed E-state index contributed by atoms with van der Waals surface area (Å²) in [6.07, 6.45) is 1.43. The second kappa shape index (κ2) is 5.76. The minimum absolute atomic E-state index is 0.0223. The summed E-state index contributed by atoms with van der Waals surface area (Å²) < 4.78 is 6.96. The normalized spacial score (nSPS) is 18.4. The molecule has 1 aromatic carbocycles. The number of rotatable bonds is 2. The van der Waals surface area contributed by atoms with Crippen LogP contribution >= 0.6 is 0 Å². The van der Waals surface area contributed by atoms with Gasteiger partial charge in [0.05, 0.1) is 6.33 Å². The number of benzene rings is 1. The largest absolute Gasteiger partial charge is 0.448 e. The van der Waals surface area contributed by atoms with Crippen LogP contribution in [0.4, 0.5) is 0 Å². The minimum Gasteiger partial charge on any atom is -0.448 e. The number of piperazine rings is 1. The monoisotopic (exact) mass is 326 g/mol. The lowest BCUT2D eigenvalue weighted by atomic mass is 10.2. The van der Waals surface area contributed by atoms with Crippen LogP contribution in [0.1, 0.15) is 6.92 Å². The first kappa shape index (κ1) is 14.9. The van der Waals surface area contributed by atoms with Crippen LogP contribution in [-0.4, -0.2) is 46.0 Å². The summed E-state index contributed by atoms with van der Waals surface area (Å²) in [7, 11) is 0. The lowest BCUT2D eigenvalue weighted by molar-refractivity contribution is -0.133. The average molecular weight is 326 g/mol. The predicted molar refractivity (Wildman–Crippen MR) is 89.8 cm³/mol. The van der Waals surface area contributed by atoms with Crippen molar-refractivity contribution in [2.24, 2.45) is 0 Å². The molecule has 0 radical (unpaired) electrons. The quantitative estimate of drug-likeness (QED) is 0.759. The van der Waals surface area contributed by atoms with E-state index in [9.17, 15) is 9.59 Å². The van der Waals surface area contributed by atoms with Crippen LogP contribution in [0.3, 0.4) is 0 Å². The summed E-state index contributed by atoms with van der Waals surface area (Å²) in [6, 6.07) is 7.65. The van der Waals surface area contributed by atoms with Crippen LogP contribution in [-0.2, 0) is 11.3 Å². The fourth-order valence-electron chi connectivity index (χ4n) is 3.13. The molecule has 1 aliphatic heterocycles. The fraction of sp³-hybridized carbons (Fsp3) is 0.353. The van der Waals surface area contributed by atoms with Crippen LogP contribution in [0.5, 0.6) is 0 Å². The van der Waals surface area contributed by atoms with Gasteiger partial charge in [0.2, 0.25) is 11.5 Å². The van der Waals surface area contributed by atoms with Crippen LogP contribution in [0, 0.1) is 0 Å². The van der Waals surface area contributed by atoms with E-state index < -0.39 is 0 Å². The van der Waals surface area contributed by atoms with Gasteiger partial charge < -0.3 is 14.6 Å². The number of furan rings is 1. The van der Waals surface area contributed by atoms with Crippen molar-refractivity contribution in [1.29, 1.82) is 0 Å². The Hall–Kier alpha value is -2.67. The van der Waals surface area contributed by atoms with Gasteiger partial charge in [-0.05, 0) is 19.1 Å². The third kappa shape index (κ3) is 2.46. The van der Waals surface area contributed by atoms with Crippen LogP contribution in [0.2, 0.25) is 0 Å². The van der Waals surface area contributed by atoms with E-state index in [1.54, 1.807) is 11.0 Å². The van der Waals surface area contributed by atoms with E-state index in [2.05, 4.69) is 10.3 Å². The number of carbonyl (C=O) groups is 1. The molecule has 0 aliphatic carbocycles. The number of nitrogens with zero attached hydrogens (tertiary/aromatic N) is 3. The molecule has 3 heterocycles. The number of aromatic nitrogens is 2. The molecule has 1 atom stereocenters. The minimum atomic E-state index is -0.326. The lowest BCUT2D eigenvalue weighted by Gasteiger charge is -2.32. The van der Waals surface area contributed by atoms with E-state index in [4.69, 9.17) is 4.42 Å². The highest BCUT2D eigenvalue weighted by atomic mass is 16.3. The van der Waals surface area contributed by atoms with Crippen molar-refractivity contribution in [1.82, 2.24) is 19.8 Å². The van der Waals surface area contributed by atoms with E-state index in [1.165, 1.54) is 10.9 Å². The van der Waals surface area contributed by atoms with Gasteiger partial charge >= 0.3 is 0 Å². The number of carbonyl (C=O) groups excluding carboxylic acids is 1. The zero-order chi connectivity index (χ0) is 16.7. The molecule has 7 heteroatoms. The van der Waals surface area contributed by atoms with Crippen molar-refractivity contribution < 1.29 is 9.21 Å². The van der Waals surface area contributed by atoms with E-state index in [0.29, 0.717) is 24.2 Å². The summed E-state index contributed by atoms with van der Waals surface area (Å²) in [5.74, 6) is -0.0808. The Morgan fingerprint density at radius 1 is 1.42 bits per heavy atom. The first-order chi connectivity index (χ1) is 11.6. The SMILES string of the molecule is CC1CN(C(=O)Cn2cnc3c(oc4ccccc43)c2=O)CCN1. The van der Waals surface area contributed by atoms with Crippen molar-refractivity contribution in [3.05, 3.63) is 40.9 Å². The maximum absolute atomic E-state index is 12.6. The number of amides is 1. The number of hydrogen-bond donors (Lipinski definition) is 1. The first-order valence-electron chi connectivity index (χ1n) is 8.01. The van der Waals surface area contributed by atoms with Crippen molar-refractivity contribution in [3.8, 4) is 0 Å². The molecular weight excluding hydrogens is 308 g/mol. The van der Waals surface area contributed by atoms with Gasteiger partial charge in [-0.15, -0.1) is 0 Å². The summed E-state index contributed by atoms with van der Waals surface area (Å²) in [5.41, 5.74) is 1.03. The third-order valence-corrected chi connectivity index (χ3v) is 4.38. The standard InChI is InChI=1S/C17H18N4O3/c1-11-8-20(7-6-18-11)14(22)9-21-10-19-15-12-4-2-3-5-13(12)24-16(15)17(21)23/h2-5,10-11,18H,6-9H2,1H3. The van der Waals surface area contributed by atoms with E-state index in [0.717, 1.165) is 11.9 Å². The molecule has 1 N–H and O–H groups in total. The summed E-state index contributed by atoms with van der Waals surface area (Å²) in [6.45, 7) is 4.08. The van der Waals surface area contributed by atoms with Gasteiger partial charge in [-0.25, -0.2) is 4.98 Å². The van der Waals surface area contributed by atoms with E-state index in [1.807, 2.05) is 25.1 Å². The number of nitrogens with one attached hydrogen (secondary N) is 1. The highest BCUT2D eigenvalue weighted by Gasteiger charge is 2.22. The van der Waals surface area contributed by atoms with Crippen LogP contribution < -0.4 is 10.9 Å². The van der Waals surface area contributed by atoms with Crippen molar-refractivity contribution in [3.63, 3.8) is 0 Å². The first-order valence-corrected chi connectivity index (χ1v) is 8.01. The van der Waals surface area contributed by atoms with E-state index >= 15 is 0 Å². The number of fused-ring (bicyclic) bond motifs is 3. The summed E-state index contributed by atoms with van der Waals surface area (Å²) in [4.78, 5) is 31.2. The molecule has 3 aromatic rings. The average Bonchev–Trinajstić information content (AvgIpc) is 2.97. The summed E-state index contributed by atoms with van der Waals surface area (Å²) >= 11 is 0. The molecule has 24 heavy (non-hydrogen) atoms. The second-order valence-corrected chi connectivity index (χ2v) is 6.15. The van der Waals surface area contributed by atoms with Gasteiger partial charge in [-0.3, -0.25) is 14.2 Å². The fourth-order valence-corrected chi connectivity index (χ4v) is 3.13. The Balaban J connectivity index is 1.67. The zero-order valence-corrected chi connectivity index (χ0v) is 13.4. The molecule has 1 unspecified atom stereocenters. The zero-order valence-electron chi connectivity index (χ0n) is 13.4. The molecule has 7 nitrogen and oxygen atoms in total. The predicted octanol–water partition coefficient (Wildman–Crippen LogP) is 0.963. The highest BCUT2D eigenvalue weighted by Crippen LogP contribution is 2.23. The van der Waals surface area contributed by atoms with Gasteiger partial charge in [0, 0.05) is 31.1 Å². The number of hydrogen-bond acceptors (Lipinski definition) is 5. The van der Waals surface area contributed by atoms with Crippen molar-refractivity contribution in [2.75, 3.05) is 19.6 Å². The van der Waals surface area contributed by atoms with Crippen LogP contribution in [0.15, 0.2) is 39.8 Å². The smallest absolute Gasteiger partial charge is 0.297 e. The van der Waals surface area contributed by atoms with Gasteiger partial charge in [-0.1, -0.05) is 12.1 Å². The molecule has 4 rings (SSSR count). The Labute approximate surface area is 137 Å². The van der Waals surface area contributed by atoms with Crippen molar-refractivity contribution >= 4 is 28.0 Å². The Bertz CT molecular complexity index is 975. The molecule has 1 amide bonds. The van der Waals surface area contributed by atoms with Crippen LogP contribution in [0.25, 0.3) is 22.1 Å². The molecule has 1 fully saturated rings. The maximum atomic E-state index is 12.6. The van der Waals surface area contributed by atoms with Gasteiger partial charge in [0.1, 0.15) is 17.6 Å².